The quantitative estimate of drug-likeness (QED) is 0.802. The van der Waals surface area contributed by atoms with Crippen LogP contribution in [0.15, 0.2) is 0 Å². The molecule has 0 unspecified atom stereocenters. The van der Waals surface area contributed by atoms with E-state index in [1.54, 1.807) is 6.92 Å². The van der Waals surface area contributed by atoms with Gasteiger partial charge in [-0.15, -0.1) is 0 Å². The lowest BCUT2D eigenvalue weighted by atomic mass is 9.94. The number of hydrogen-bond donors (Lipinski definition) is 1. The maximum absolute atomic E-state index is 13.3. The zero-order chi connectivity index (χ0) is 16.4. The van der Waals surface area contributed by atoms with E-state index >= 15 is 0 Å². The van der Waals surface area contributed by atoms with Gasteiger partial charge in [0, 0.05) is 25.4 Å². The minimum Gasteiger partial charge on any atom is -0.337 e. The molecule has 128 valence electrons. The molecular weight excluding hydrogens is 314 g/mol. The van der Waals surface area contributed by atoms with Gasteiger partial charge in [0.2, 0.25) is 15.9 Å². The molecule has 0 aromatic heterocycles. The lowest BCUT2D eigenvalue weighted by molar-refractivity contribution is -0.142. The van der Waals surface area contributed by atoms with Crippen LogP contribution in [0.3, 0.4) is 0 Å². The first kappa shape index (κ1) is 17.6. The van der Waals surface area contributed by atoms with Gasteiger partial charge in [0.05, 0.1) is 12.3 Å². The van der Waals surface area contributed by atoms with Gasteiger partial charge in [-0.1, -0.05) is 13.3 Å². The summed E-state index contributed by atoms with van der Waals surface area (Å²) in [6, 6.07) is 0.0219. The largest absolute Gasteiger partial charge is 0.337 e. The summed E-state index contributed by atoms with van der Waals surface area (Å²) < 4.78 is 53.1. The van der Waals surface area contributed by atoms with Crippen molar-refractivity contribution in [3.05, 3.63) is 0 Å². The van der Waals surface area contributed by atoms with Crippen molar-refractivity contribution in [2.45, 2.75) is 57.4 Å². The molecule has 1 atom stereocenters. The third-order valence-electron chi connectivity index (χ3n) is 4.22. The van der Waals surface area contributed by atoms with Gasteiger partial charge in [-0.3, -0.25) is 4.79 Å². The van der Waals surface area contributed by atoms with Crippen LogP contribution in [0.2, 0.25) is 0 Å². The third-order valence-corrected chi connectivity index (χ3v) is 5.92. The smallest absolute Gasteiger partial charge is 0.265 e. The van der Waals surface area contributed by atoms with Crippen molar-refractivity contribution in [3.63, 3.8) is 0 Å². The minimum atomic E-state index is -3.41. The van der Waals surface area contributed by atoms with Crippen LogP contribution in [-0.2, 0) is 14.8 Å². The van der Waals surface area contributed by atoms with Crippen LogP contribution in [0.4, 0.5) is 8.78 Å². The number of amides is 1. The summed E-state index contributed by atoms with van der Waals surface area (Å²) in [6.45, 7) is 1.44. The number of hydrogen-bond acceptors (Lipinski definition) is 3. The Hall–Kier alpha value is -0.760. The number of alkyl halides is 2. The Morgan fingerprint density at radius 2 is 2.05 bits per heavy atom. The van der Waals surface area contributed by atoms with Crippen LogP contribution in [-0.4, -0.2) is 50.0 Å². The highest BCUT2D eigenvalue weighted by Crippen LogP contribution is 2.27. The molecule has 8 heteroatoms. The summed E-state index contributed by atoms with van der Waals surface area (Å²) in [6.07, 6.45) is 2.83. The molecule has 1 saturated heterocycles. The Labute approximate surface area is 130 Å². The van der Waals surface area contributed by atoms with Gasteiger partial charge in [-0.05, 0) is 25.2 Å². The second-order valence-corrected chi connectivity index (χ2v) is 8.41. The van der Waals surface area contributed by atoms with Gasteiger partial charge >= 0.3 is 0 Å². The first-order valence-electron chi connectivity index (χ1n) is 7.82. The van der Waals surface area contributed by atoms with Gasteiger partial charge in [0.15, 0.2) is 0 Å². The number of likely N-dealkylation sites (tertiary alicyclic amines) is 1. The molecule has 0 aromatic carbocycles. The molecule has 0 aromatic rings. The average molecular weight is 338 g/mol. The molecule has 1 amide bonds. The summed E-state index contributed by atoms with van der Waals surface area (Å²) in [7, 11) is -3.41. The highest BCUT2D eigenvalue weighted by molar-refractivity contribution is 7.89. The number of rotatable bonds is 6. The first-order chi connectivity index (χ1) is 10.2. The molecule has 2 fully saturated rings. The van der Waals surface area contributed by atoms with Crippen molar-refractivity contribution in [1.29, 1.82) is 0 Å². The molecule has 1 aliphatic heterocycles. The molecule has 2 rings (SSSR count). The first-order valence-corrected chi connectivity index (χ1v) is 9.48. The molecule has 0 bridgehead atoms. The molecule has 0 radical (unpaired) electrons. The van der Waals surface area contributed by atoms with E-state index in [4.69, 9.17) is 0 Å². The highest BCUT2D eigenvalue weighted by Gasteiger charge is 2.37. The lowest BCUT2D eigenvalue weighted by Gasteiger charge is -2.33. The van der Waals surface area contributed by atoms with Crippen LogP contribution in [0.1, 0.15) is 45.4 Å². The topological polar surface area (TPSA) is 66.5 Å². The summed E-state index contributed by atoms with van der Waals surface area (Å²) in [5.74, 6) is -3.74. The highest BCUT2D eigenvalue weighted by atomic mass is 32.2. The van der Waals surface area contributed by atoms with E-state index < -0.39 is 22.5 Å². The molecule has 5 nitrogen and oxygen atoms in total. The maximum atomic E-state index is 13.3. The number of nitrogens with zero attached hydrogens (tertiary/aromatic N) is 1. The van der Waals surface area contributed by atoms with Gasteiger partial charge < -0.3 is 4.90 Å². The van der Waals surface area contributed by atoms with E-state index in [1.807, 2.05) is 0 Å². The number of nitrogens with one attached hydrogen (secondary N) is 1. The predicted molar refractivity (Wildman–Crippen MR) is 79.1 cm³/mol. The lowest BCUT2D eigenvalue weighted by Crippen LogP contribution is -2.46. The summed E-state index contributed by atoms with van der Waals surface area (Å²) in [5.41, 5.74) is 0. The van der Waals surface area contributed by atoms with Crippen molar-refractivity contribution >= 4 is 15.9 Å². The molecule has 2 aliphatic rings. The van der Waals surface area contributed by atoms with Crippen LogP contribution in [0.5, 0.6) is 0 Å². The molecule has 1 N–H and O–H groups in total. The fourth-order valence-electron chi connectivity index (χ4n) is 2.87. The van der Waals surface area contributed by atoms with Gasteiger partial charge in [0.1, 0.15) is 0 Å². The fraction of sp³-hybridized carbons (Fsp3) is 0.929. The SMILES string of the molecule is C[C@@H](CC(=O)N1CCCC(F)(F)C1)CS(=O)(=O)NC1CCC1. The Morgan fingerprint density at radius 1 is 1.36 bits per heavy atom. The van der Waals surface area contributed by atoms with E-state index in [1.165, 1.54) is 0 Å². The Balaban J connectivity index is 1.80. The third kappa shape index (κ3) is 5.15. The monoisotopic (exact) mass is 338 g/mol. The molecular formula is C14H24F2N2O3S. The van der Waals surface area contributed by atoms with Crippen molar-refractivity contribution in [3.8, 4) is 0 Å². The molecule has 1 heterocycles. The summed E-state index contributed by atoms with van der Waals surface area (Å²) >= 11 is 0. The van der Waals surface area contributed by atoms with Crippen LogP contribution >= 0.6 is 0 Å². The van der Waals surface area contributed by atoms with E-state index in [9.17, 15) is 22.0 Å². The van der Waals surface area contributed by atoms with Crippen molar-refractivity contribution in [1.82, 2.24) is 9.62 Å². The van der Waals surface area contributed by atoms with Gasteiger partial charge in [-0.2, -0.15) is 0 Å². The number of halogens is 2. The second kappa shape index (κ2) is 6.78. The van der Waals surface area contributed by atoms with Crippen LogP contribution in [0, 0.1) is 5.92 Å². The molecule has 1 aliphatic carbocycles. The summed E-state index contributed by atoms with van der Waals surface area (Å²) in [5, 5.41) is 0. The van der Waals surface area contributed by atoms with Crippen molar-refractivity contribution in [2.75, 3.05) is 18.8 Å². The molecule has 0 spiro atoms. The predicted octanol–water partition coefficient (Wildman–Crippen LogP) is 1.74. The maximum Gasteiger partial charge on any atom is 0.265 e. The van der Waals surface area contributed by atoms with E-state index in [2.05, 4.69) is 4.72 Å². The van der Waals surface area contributed by atoms with Gasteiger partial charge in [0.25, 0.3) is 5.92 Å². The number of carbonyl (C=O) groups excluding carboxylic acids is 1. The van der Waals surface area contributed by atoms with E-state index in [0.717, 1.165) is 24.2 Å². The molecule has 22 heavy (non-hydrogen) atoms. The fourth-order valence-corrected chi connectivity index (χ4v) is 4.57. The standard InChI is InChI=1S/C14H24F2N2O3S/c1-11(9-22(20,21)17-12-4-2-5-12)8-13(19)18-7-3-6-14(15,16)10-18/h11-12,17H,2-10H2,1H3/t11-/m0/s1. The van der Waals surface area contributed by atoms with E-state index in [0.29, 0.717) is 6.54 Å². The summed E-state index contributed by atoms with van der Waals surface area (Å²) in [4.78, 5) is 13.2. The Morgan fingerprint density at radius 3 is 2.59 bits per heavy atom. The molecule has 1 saturated carbocycles. The number of sulfonamides is 1. The zero-order valence-electron chi connectivity index (χ0n) is 12.9. The number of piperidine rings is 1. The second-order valence-electron chi connectivity index (χ2n) is 6.61. The Bertz CT molecular complexity index is 506. The minimum absolute atomic E-state index is 0.0122. The number of carbonyl (C=O) groups is 1. The van der Waals surface area contributed by atoms with E-state index in [-0.39, 0.29) is 42.9 Å². The normalized spacial score (nSPS) is 23.9. The van der Waals surface area contributed by atoms with Gasteiger partial charge in [-0.25, -0.2) is 21.9 Å². The van der Waals surface area contributed by atoms with Crippen molar-refractivity contribution < 1.29 is 22.0 Å². The average Bonchev–Trinajstić information content (AvgIpc) is 2.32. The van der Waals surface area contributed by atoms with Crippen LogP contribution in [0.25, 0.3) is 0 Å². The van der Waals surface area contributed by atoms with Crippen LogP contribution < -0.4 is 4.72 Å². The Kier molecular flexibility index (Phi) is 5.42. The zero-order valence-corrected chi connectivity index (χ0v) is 13.7. The van der Waals surface area contributed by atoms with Crippen molar-refractivity contribution in [2.24, 2.45) is 5.92 Å².